The van der Waals surface area contributed by atoms with Gasteiger partial charge in [-0.05, 0) is 17.7 Å². The Morgan fingerprint density at radius 3 is 2.58 bits per heavy atom. The summed E-state index contributed by atoms with van der Waals surface area (Å²) < 4.78 is 0. The Bertz CT molecular complexity index is 958. The zero-order valence-electron chi connectivity index (χ0n) is 13.9. The predicted molar refractivity (Wildman–Crippen MR) is 98.0 cm³/mol. The van der Waals surface area contributed by atoms with Crippen molar-refractivity contribution in [1.29, 1.82) is 0 Å². The Morgan fingerprint density at radius 1 is 0.962 bits per heavy atom. The third kappa shape index (κ3) is 3.17. The number of nitrogens with zero attached hydrogens (tertiary/aromatic N) is 3. The molecular weight excluding hydrogens is 328 g/mol. The summed E-state index contributed by atoms with van der Waals surface area (Å²) in [6.45, 7) is 0.752. The van der Waals surface area contributed by atoms with Crippen LogP contribution in [-0.2, 0) is 11.3 Å². The molecular formula is C20H16N4O2. The molecule has 0 bridgehead atoms. The standard InChI is InChI=1S/C20H16N4O2/c25-19-13-24(17-8-9-21-22-11-17)12-16-7-6-15(10-18(16)23-19)20(26)14-4-2-1-3-5-14/h1-11H,12-13H2,(H,23,25). The molecule has 1 aliphatic heterocycles. The van der Waals surface area contributed by atoms with E-state index in [0.29, 0.717) is 23.4 Å². The number of carbonyl (C=O) groups is 2. The van der Waals surface area contributed by atoms with E-state index < -0.39 is 0 Å². The van der Waals surface area contributed by atoms with Crippen LogP contribution in [0.4, 0.5) is 11.4 Å². The minimum atomic E-state index is -0.134. The molecule has 6 heteroatoms. The van der Waals surface area contributed by atoms with Crippen LogP contribution in [0.2, 0.25) is 0 Å². The first-order valence-electron chi connectivity index (χ1n) is 8.25. The summed E-state index contributed by atoms with van der Waals surface area (Å²) in [6.07, 6.45) is 3.23. The van der Waals surface area contributed by atoms with E-state index in [1.807, 2.05) is 35.2 Å². The van der Waals surface area contributed by atoms with Crippen molar-refractivity contribution in [2.45, 2.75) is 6.54 Å². The molecule has 1 aromatic heterocycles. The lowest BCUT2D eigenvalue weighted by atomic mass is 10.0. The fraction of sp³-hybridized carbons (Fsp3) is 0.100. The van der Waals surface area contributed by atoms with Gasteiger partial charge >= 0.3 is 0 Å². The number of benzene rings is 2. The first kappa shape index (κ1) is 16.0. The Balaban J connectivity index is 1.66. The number of hydrogen-bond donors (Lipinski definition) is 1. The molecule has 26 heavy (non-hydrogen) atoms. The topological polar surface area (TPSA) is 75.2 Å². The molecule has 3 aromatic rings. The first-order chi connectivity index (χ1) is 12.7. The van der Waals surface area contributed by atoms with Crippen LogP contribution in [0.5, 0.6) is 0 Å². The van der Waals surface area contributed by atoms with Crippen molar-refractivity contribution in [2.75, 3.05) is 16.8 Å². The van der Waals surface area contributed by atoms with Gasteiger partial charge in [0.2, 0.25) is 5.91 Å². The maximum absolute atomic E-state index is 12.6. The maximum atomic E-state index is 12.6. The summed E-state index contributed by atoms with van der Waals surface area (Å²) >= 11 is 0. The Kier molecular flexibility index (Phi) is 4.15. The van der Waals surface area contributed by atoms with Gasteiger partial charge in [0, 0.05) is 23.4 Å². The highest BCUT2D eigenvalue weighted by Gasteiger charge is 2.21. The molecule has 0 spiro atoms. The maximum Gasteiger partial charge on any atom is 0.243 e. The van der Waals surface area contributed by atoms with Crippen LogP contribution in [0.15, 0.2) is 67.0 Å². The largest absolute Gasteiger partial charge is 0.356 e. The average Bonchev–Trinajstić information content (AvgIpc) is 2.86. The third-order valence-corrected chi connectivity index (χ3v) is 4.31. The lowest BCUT2D eigenvalue weighted by Gasteiger charge is -2.20. The van der Waals surface area contributed by atoms with Crippen molar-refractivity contribution in [1.82, 2.24) is 10.2 Å². The molecule has 0 saturated heterocycles. The number of hydrogen-bond acceptors (Lipinski definition) is 5. The van der Waals surface area contributed by atoms with Crippen molar-refractivity contribution >= 4 is 23.1 Å². The number of carbonyl (C=O) groups excluding carboxylic acids is 2. The second-order valence-corrected chi connectivity index (χ2v) is 6.07. The van der Waals surface area contributed by atoms with Crippen molar-refractivity contribution in [3.63, 3.8) is 0 Å². The summed E-state index contributed by atoms with van der Waals surface area (Å²) in [5.74, 6) is -0.202. The highest BCUT2D eigenvalue weighted by atomic mass is 16.2. The van der Waals surface area contributed by atoms with Crippen molar-refractivity contribution < 1.29 is 9.59 Å². The number of anilines is 2. The molecule has 128 valence electrons. The lowest BCUT2D eigenvalue weighted by Crippen LogP contribution is -2.29. The number of ketones is 1. The van der Waals surface area contributed by atoms with Gasteiger partial charge in [0.05, 0.1) is 24.6 Å². The summed E-state index contributed by atoms with van der Waals surface area (Å²) in [4.78, 5) is 26.9. The number of nitrogens with one attached hydrogen (secondary N) is 1. The van der Waals surface area contributed by atoms with E-state index in [2.05, 4.69) is 15.5 Å². The number of rotatable bonds is 3. The van der Waals surface area contributed by atoms with E-state index in [1.54, 1.807) is 36.7 Å². The molecule has 2 aromatic carbocycles. The monoisotopic (exact) mass is 344 g/mol. The van der Waals surface area contributed by atoms with E-state index in [4.69, 9.17) is 0 Å². The molecule has 1 aliphatic rings. The smallest absolute Gasteiger partial charge is 0.243 e. The molecule has 1 amide bonds. The highest BCUT2D eigenvalue weighted by Crippen LogP contribution is 2.26. The average molecular weight is 344 g/mol. The second-order valence-electron chi connectivity index (χ2n) is 6.07. The zero-order chi connectivity index (χ0) is 17.9. The Morgan fingerprint density at radius 2 is 1.81 bits per heavy atom. The van der Waals surface area contributed by atoms with Gasteiger partial charge in [-0.2, -0.15) is 10.2 Å². The third-order valence-electron chi connectivity index (χ3n) is 4.31. The van der Waals surface area contributed by atoms with E-state index in [1.165, 1.54) is 0 Å². The van der Waals surface area contributed by atoms with Crippen molar-refractivity contribution in [3.8, 4) is 0 Å². The van der Waals surface area contributed by atoms with Gasteiger partial charge < -0.3 is 10.2 Å². The zero-order valence-corrected chi connectivity index (χ0v) is 13.9. The fourth-order valence-electron chi connectivity index (χ4n) is 3.01. The van der Waals surface area contributed by atoms with Gasteiger partial charge in [0.25, 0.3) is 0 Å². The minimum absolute atomic E-state index is 0.0675. The van der Waals surface area contributed by atoms with E-state index in [9.17, 15) is 9.59 Å². The number of amides is 1. The number of aromatic nitrogens is 2. The normalized spacial score (nSPS) is 13.5. The van der Waals surface area contributed by atoms with Crippen LogP contribution in [0, 0.1) is 0 Å². The van der Waals surface area contributed by atoms with Gasteiger partial charge in [-0.15, -0.1) is 0 Å². The minimum Gasteiger partial charge on any atom is -0.356 e. The van der Waals surface area contributed by atoms with E-state index in [-0.39, 0.29) is 18.2 Å². The highest BCUT2D eigenvalue weighted by molar-refractivity contribution is 6.10. The summed E-state index contributed by atoms with van der Waals surface area (Å²) in [5, 5.41) is 10.5. The van der Waals surface area contributed by atoms with Gasteiger partial charge in [-0.25, -0.2) is 0 Å². The van der Waals surface area contributed by atoms with Crippen LogP contribution < -0.4 is 10.2 Å². The second kappa shape index (κ2) is 6.76. The van der Waals surface area contributed by atoms with Crippen LogP contribution in [0.3, 0.4) is 0 Å². The van der Waals surface area contributed by atoms with Gasteiger partial charge in [0.15, 0.2) is 5.78 Å². The van der Waals surface area contributed by atoms with Crippen LogP contribution in [0.25, 0.3) is 0 Å². The molecule has 0 aliphatic carbocycles. The predicted octanol–water partition coefficient (Wildman–Crippen LogP) is 2.67. The lowest BCUT2D eigenvalue weighted by molar-refractivity contribution is -0.114. The molecule has 0 atom stereocenters. The Labute approximate surface area is 150 Å². The van der Waals surface area contributed by atoms with E-state index in [0.717, 1.165) is 11.3 Å². The summed E-state index contributed by atoms with van der Waals surface area (Å²) in [6, 6.07) is 16.4. The van der Waals surface area contributed by atoms with Crippen molar-refractivity contribution in [2.24, 2.45) is 0 Å². The molecule has 1 N–H and O–H groups in total. The molecule has 4 rings (SSSR count). The summed E-state index contributed by atoms with van der Waals surface area (Å²) in [7, 11) is 0. The van der Waals surface area contributed by atoms with Crippen LogP contribution >= 0.6 is 0 Å². The molecule has 0 radical (unpaired) electrons. The first-order valence-corrected chi connectivity index (χ1v) is 8.25. The van der Waals surface area contributed by atoms with E-state index >= 15 is 0 Å². The van der Waals surface area contributed by atoms with Gasteiger partial charge in [-0.1, -0.05) is 42.5 Å². The molecule has 0 saturated carbocycles. The molecule has 0 unspecified atom stereocenters. The van der Waals surface area contributed by atoms with Crippen LogP contribution in [0.1, 0.15) is 21.5 Å². The molecule has 2 heterocycles. The van der Waals surface area contributed by atoms with Gasteiger partial charge in [-0.3, -0.25) is 9.59 Å². The molecule has 0 fully saturated rings. The van der Waals surface area contributed by atoms with Crippen molar-refractivity contribution in [3.05, 3.63) is 83.7 Å². The summed E-state index contributed by atoms with van der Waals surface area (Å²) in [5.41, 5.74) is 3.61. The van der Waals surface area contributed by atoms with Crippen LogP contribution in [-0.4, -0.2) is 28.4 Å². The molecule has 6 nitrogen and oxygen atoms in total. The quantitative estimate of drug-likeness (QED) is 0.740. The Hall–Kier alpha value is -3.54. The fourth-order valence-corrected chi connectivity index (χ4v) is 3.01. The van der Waals surface area contributed by atoms with Gasteiger partial charge in [0.1, 0.15) is 0 Å². The SMILES string of the molecule is O=C1CN(c2ccnnc2)Cc2ccc(C(=O)c3ccccc3)cc2N1. The number of fused-ring (bicyclic) bond motifs is 1.